The molecule has 2 aliphatic rings. The number of hydrogen-bond acceptors (Lipinski definition) is 1. The highest BCUT2D eigenvalue weighted by atomic mass is 16.1. The Kier molecular flexibility index (Phi) is 1.31. The summed E-state index contributed by atoms with van der Waals surface area (Å²) in [6, 6.07) is 0. The molecule has 0 aromatic heterocycles. The van der Waals surface area contributed by atoms with Gasteiger partial charge >= 0.3 is 0 Å². The van der Waals surface area contributed by atoms with E-state index in [2.05, 4.69) is 11.9 Å². The van der Waals surface area contributed by atoms with E-state index in [4.69, 9.17) is 0 Å². The second kappa shape index (κ2) is 2.10. The van der Waals surface area contributed by atoms with Gasteiger partial charge in [-0.3, -0.25) is 4.79 Å². The molecule has 2 aliphatic carbocycles. The van der Waals surface area contributed by atoms with Crippen molar-refractivity contribution in [3.63, 3.8) is 0 Å². The molecule has 2 heteroatoms. The zero-order chi connectivity index (χ0) is 7.90. The van der Waals surface area contributed by atoms with Gasteiger partial charge in [0.15, 0.2) is 0 Å². The van der Waals surface area contributed by atoms with Gasteiger partial charge in [0.05, 0.1) is 0 Å². The molecule has 1 N–H and O–H groups in total. The van der Waals surface area contributed by atoms with Crippen LogP contribution in [-0.4, -0.2) is 11.4 Å². The summed E-state index contributed by atoms with van der Waals surface area (Å²) < 4.78 is 0. The summed E-state index contributed by atoms with van der Waals surface area (Å²) >= 11 is 0. The Balaban J connectivity index is 1.93. The van der Waals surface area contributed by atoms with Gasteiger partial charge in [-0.1, -0.05) is 6.58 Å². The summed E-state index contributed by atoms with van der Waals surface area (Å²) in [6.07, 6.45) is 6.33. The second-order valence-electron chi connectivity index (χ2n) is 3.62. The van der Waals surface area contributed by atoms with Gasteiger partial charge in [0, 0.05) is 5.54 Å². The Morgan fingerprint density at radius 2 is 2.18 bits per heavy atom. The molecule has 11 heavy (non-hydrogen) atoms. The molecule has 0 radical (unpaired) electrons. The van der Waals surface area contributed by atoms with E-state index >= 15 is 0 Å². The molecule has 60 valence electrons. The fourth-order valence-corrected chi connectivity index (χ4v) is 1.70. The normalized spacial score (nSPS) is 25.8. The SMILES string of the molecule is C=CC(=O)NC1(C2CC2)CC1. The van der Waals surface area contributed by atoms with Crippen LogP contribution in [-0.2, 0) is 4.79 Å². The third kappa shape index (κ3) is 1.17. The molecule has 0 aromatic rings. The summed E-state index contributed by atoms with van der Waals surface area (Å²) in [5, 5.41) is 3.02. The van der Waals surface area contributed by atoms with Gasteiger partial charge < -0.3 is 5.32 Å². The summed E-state index contributed by atoms with van der Waals surface area (Å²) in [5.74, 6) is 0.779. The van der Waals surface area contributed by atoms with Crippen molar-refractivity contribution in [2.75, 3.05) is 0 Å². The lowest BCUT2D eigenvalue weighted by Crippen LogP contribution is -2.37. The first-order chi connectivity index (χ1) is 5.27. The average molecular weight is 151 g/mol. The molecule has 2 fully saturated rings. The van der Waals surface area contributed by atoms with Crippen LogP contribution in [0.3, 0.4) is 0 Å². The van der Waals surface area contributed by atoms with Crippen LogP contribution in [0.25, 0.3) is 0 Å². The standard InChI is InChI=1S/C9H13NO/c1-2-8(11)10-9(5-6-9)7-3-4-7/h2,7H,1,3-6H2,(H,10,11). The Labute approximate surface area is 66.7 Å². The van der Waals surface area contributed by atoms with Gasteiger partial charge in [-0.25, -0.2) is 0 Å². The van der Waals surface area contributed by atoms with E-state index in [0.29, 0.717) is 0 Å². The number of carbonyl (C=O) groups excluding carboxylic acids is 1. The highest BCUT2D eigenvalue weighted by Gasteiger charge is 2.54. The third-order valence-electron chi connectivity index (χ3n) is 2.71. The van der Waals surface area contributed by atoms with Crippen molar-refractivity contribution in [2.45, 2.75) is 31.2 Å². The fourth-order valence-electron chi connectivity index (χ4n) is 1.70. The van der Waals surface area contributed by atoms with Crippen molar-refractivity contribution in [2.24, 2.45) is 5.92 Å². The van der Waals surface area contributed by atoms with Crippen molar-refractivity contribution < 1.29 is 4.79 Å². The number of nitrogens with one attached hydrogen (secondary N) is 1. The fraction of sp³-hybridized carbons (Fsp3) is 0.667. The largest absolute Gasteiger partial charge is 0.347 e. The minimum absolute atomic E-state index is 0.00519. The maximum atomic E-state index is 11.0. The monoisotopic (exact) mass is 151 g/mol. The van der Waals surface area contributed by atoms with Crippen molar-refractivity contribution >= 4 is 5.91 Å². The Morgan fingerprint density at radius 1 is 1.55 bits per heavy atom. The smallest absolute Gasteiger partial charge is 0.243 e. The number of carbonyl (C=O) groups is 1. The Hall–Kier alpha value is -0.790. The lowest BCUT2D eigenvalue weighted by molar-refractivity contribution is -0.117. The molecule has 2 nitrogen and oxygen atoms in total. The van der Waals surface area contributed by atoms with E-state index in [0.717, 1.165) is 5.92 Å². The second-order valence-corrected chi connectivity index (χ2v) is 3.62. The molecule has 0 aliphatic heterocycles. The molecule has 0 unspecified atom stereocenters. The van der Waals surface area contributed by atoms with E-state index in [-0.39, 0.29) is 11.4 Å². The Bertz CT molecular complexity index is 202. The predicted molar refractivity (Wildman–Crippen MR) is 43.0 cm³/mol. The number of amides is 1. The maximum Gasteiger partial charge on any atom is 0.243 e. The summed E-state index contributed by atoms with van der Waals surface area (Å²) in [7, 11) is 0. The first kappa shape index (κ1) is 6.89. The minimum Gasteiger partial charge on any atom is -0.347 e. The first-order valence-electron chi connectivity index (χ1n) is 4.21. The zero-order valence-electron chi connectivity index (χ0n) is 6.60. The van der Waals surface area contributed by atoms with Crippen LogP contribution in [0.1, 0.15) is 25.7 Å². The van der Waals surface area contributed by atoms with Gasteiger partial charge in [-0.15, -0.1) is 0 Å². The molecule has 0 atom stereocenters. The van der Waals surface area contributed by atoms with Crippen molar-refractivity contribution in [1.29, 1.82) is 0 Å². The van der Waals surface area contributed by atoms with E-state index in [1.165, 1.54) is 31.8 Å². The average Bonchev–Trinajstić information content (AvgIpc) is 2.81. The molecule has 0 saturated heterocycles. The Morgan fingerprint density at radius 3 is 2.55 bits per heavy atom. The molecule has 0 heterocycles. The van der Waals surface area contributed by atoms with Gasteiger partial charge in [0.25, 0.3) is 0 Å². The number of rotatable bonds is 3. The van der Waals surface area contributed by atoms with Crippen molar-refractivity contribution in [3.8, 4) is 0 Å². The first-order valence-corrected chi connectivity index (χ1v) is 4.21. The van der Waals surface area contributed by atoms with Gasteiger partial charge in [-0.05, 0) is 37.7 Å². The van der Waals surface area contributed by atoms with Gasteiger partial charge in [0.1, 0.15) is 0 Å². The molecule has 0 spiro atoms. The van der Waals surface area contributed by atoms with Crippen LogP contribution in [0.4, 0.5) is 0 Å². The van der Waals surface area contributed by atoms with Gasteiger partial charge in [-0.2, -0.15) is 0 Å². The number of hydrogen-bond donors (Lipinski definition) is 1. The highest BCUT2D eigenvalue weighted by molar-refractivity contribution is 5.87. The van der Waals surface area contributed by atoms with Crippen LogP contribution in [0, 0.1) is 5.92 Å². The summed E-state index contributed by atoms with van der Waals surface area (Å²) in [6.45, 7) is 3.44. The van der Waals surface area contributed by atoms with Crippen molar-refractivity contribution in [3.05, 3.63) is 12.7 Å². The molecule has 2 rings (SSSR count). The van der Waals surface area contributed by atoms with E-state index in [1.807, 2.05) is 0 Å². The third-order valence-corrected chi connectivity index (χ3v) is 2.71. The lowest BCUT2D eigenvalue weighted by Gasteiger charge is -2.14. The molecule has 1 amide bonds. The molecular formula is C9H13NO. The molecule has 0 bridgehead atoms. The van der Waals surface area contributed by atoms with E-state index < -0.39 is 0 Å². The van der Waals surface area contributed by atoms with Crippen LogP contribution < -0.4 is 5.32 Å². The minimum atomic E-state index is -0.00519. The summed E-state index contributed by atoms with van der Waals surface area (Å²) in [4.78, 5) is 11.0. The van der Waals surface area contributed by atoms with Crippen LogP contribution in [0.2, 0.25) is 0 Å². The molecule has 0 aromatic carbocycles. The highest BCUT2D eigenvalue weighted by Crippen LogP contribution is 2.53. The molecular weight excluding hydrogens is 138 g/mol. The van der Waals surface area contributed by atoms with Crippen LogP contribution in [0.5, 0.6) is 0 Å². The van der Waals surface area contributed by atoms with E-state index in [9.17, 15) is 4.79 Å². The van der Waals surface area contributed by atoms with E-state index in [1.54, 1.807) is 0 Å². The predicted octanol–water partition coefficient (Wildman–Crippen LogP) is 1.23. The van der Waals surface area contributed by atoms with Crippen LogP contribution in [0.15, 0.2) is 12.7 Å². The maximum absolute atomic E-state index is 11.0. The zero-order valence-corrected chi connectivity index (χ0v) is 6.60. The quantitative estimate of drug-likeness (QED) is 0.604. The van der Waals surface area contributed by atoms with Gasteiger partial charge in [0.2, 0.25) is 5.91 Å². The lowest BCUT2D eigenvalue weighted by atomic mass is 10.1. The topological polar surface area (TPSA) is 29.1 Å². The van der Waals surface area contributed by atoms with Crippen LogP contribution >= 0.6 is 0 Å². The molecule has 2 saturated carbocycles. The summed E-state index contributed by atoms with van der Waals surface area (Å²) in [5.41, 5.74) is 0.214. The van der Waals surface area contributed by atoms with Crippen molar-refractivity contribution in [1.82, 2.24) is 5.32 Å².